The average molecular weight is 413 g/mol. The Balaban J connectivity index is 1.49. The lowest BCUT2D eigenvalue weighted by atomic mass is 9.47. The Morgan fingerprint density at radius 3 is 2.43 bits per heavy atom. The molecule has 0 bridgehead atoms. The van der Waals surface area contributed by atoms with Crippen LogP contribution in [0.25, 0.3) is 0 Å². The van der Waals surface area contributed by atoms with Crippen molar-refractivity contribution in [3.63, 3.8) is 0 Å². The van der Waals surface area contributed by atoms with Crippen molar-refractivity contribution in [1.82, 2.24) is 0 Å². The number of rotatable bonds is 6. The molecule has 1 nitrogen and oxygen atoms in total. The molecule has 0 aliphatic heterocycles. The highest BCUT2D eigenvalue weighted by Gasteiger charge is 2.58. The van der Waals surface area contributed by atoms with E-state index in [1.165, 1.54) is 51.4 Å². The maximum absolute atomic E-state index is 12.1. The van der Waals surface area contributed by atoms with Gasteiger partial charge >= 0.3 is 0 Å². The van der Waals surface area contributed by atoms with Crippen molar-refractivity contribution >= 4 is 5.78 Å². The molecule has 4 rings (SSSR count). The molecule has 3 fully saturated rings. The number of Topliss-reactive ketones (excluding diaryl/α,β-unsaturated/α-hetero) is 1. The highest BCUT2D eigenvalue weighted by Crippen LogP contribution is 2.66. The molecule has 4 aliphatic rings. The molecular formula is C29H48O. The van der Waals surface area contributed by atoms with Crippen LogP contribution in [0.15, 0.2) is 11.6 Å². The zero-order valence-corrected chi connectivity index (χ0v) is 20.8. The standard InChI is InChI=1S/C29H48O/c1-7-21(19(2)3)9-8-20(4)25-12-13-26-24-11-10-22-18-23(30)14-16-28(22,5)27(24)15-17-29(25,26)6/h11,19-22,25-27H,7-10,12-18H2,1-6H3. The lowest BCUT2D eigenvalue weighted by Gasteiger charge is -2.57. The summed E-state index contributed by atoms with van der Waals surface area (Å²) in [5, 5.41) is 0. The molecule has 0 saturated heterocycles. The molecule has 0 radical (unpaired) electrons. The summed E-state index contributed by atoms with van der Waals surface area (Å²) < 4.78 is 0. The molecule has 1 heteroatoms. The monoisotopic (exact) mass is 412 g/mol. The zero-order valence-electron chi connectivity index (χ0n) is 20.8. The first-order valence-electron chi connectivity index (χ1n) is 13.4. The Kier molecular flexibility index (Phi) is 6.33. The quantitative estimate of drug-likeness (QED) is 0.401. The highest BCUT2D eigenvalue weighted by atomic mass is 16.1. The predicted molar refractivity (Wildman–Crippen MR) is 127 cm³/mol. The van der Waals surface area contributed by atoms with Gasteiger partial charge in [-0.2, -0.15) is 0 Å². The lowest BCUT2D eigenvalue weighted by molar-refractivity contribution is -0.127. The minimum Gasteiger partial charge on any atom is -0.300 e. The van der Waals surface area contributed by atoms with E-state index in [1.807, 2.05) is 5.57 Å². The molecule has 0 aromatic carbocycles. The highest BCUT2D eigenvalue weighted by molar-refractivity contribution is 5.79. The second-order valence-corrected chi connectivity index (χ2v) is 12.7. The minimum absolute atomic E-state index is 0.397. The fraction of sp³-hybridized carbons (Fsp3) is 0.897. The number of hydrogen-bond acceptors (Lipinski definition) is 1. The maximum atomic E-state index is 12.1. The smallest absolute Gasteiger partial charge is 0.133 e. The Labute approximate surface area is 186 Å². The Hall–Kier alpha value is -0.590. The summed E-state index contributed by atoms with van der Waals surface area (Å²) in [4.78, 5) is 12.1. The molecule has 0 heterocycles. The second kappa shape index (κ2) is 8.40. The van der Waals surface area contributed by atoms with Gasteiger partial charge in [-0.1, -0.05) is 66.0 Å². The summed E-state index contributed by atoms with van der Waals surface area (Å²) in [5.74, 6) is 6.24. The SMILES string of the molecule is CCC(CCC(C)C1CCC2C3=CCC4CC(=O)CCC4(C)C3CCC21C)C(C)C. The Bertz CT molecular complexity index is 674. The summed E-state index contributed by atoms with van der Waals surface area (Å²) in [5.41, 5.74) is 2.77. The van der Waals surface area contributed by atoms with Crippen LogP contribution < -0.4 is 0 Å². The maximum Gasteiger partial charge on any atom is 0.133 e. The third-order valence-corrected chi connectivity index (χ3v) is 11.1. The van der Waals surface area contributed by atoms with Gasteiger partial charge in [0.05, 0.1) is 0 Å². The van der Waals surface area contributed by atoms with Crippen LogP contribution in [0.1, 0.15) is 112 Å². The number of allylic oxidation sites excluding steroid dienone is 2. The van der Waals surface area contributed by atoms with E-state index in [0.29, 0.717) is 22.5 Å². The van der Waals surface area contributed by atoms with Crippen LogP contribution in [0.5, 0.6) is 0 Å². The number of fused-ring (bicyclic) bond motifs is 5. The van der Waals surface area contributed by atoms with Crippen molar-refractivity contribution in [2.45, 2.75) is 112 Å². The fourth-order valence-corrected chi connectivity index (χ4v) is 8.97. The molecule has 0 N–H and O–H groups in total. The molecule has 8 unspecified atom stereocenters. The summed E-state index contributed by atoms with van der Waals surface area (Å²) in [6.45, 7) is 15.0. The van der Waals surface area contributed by atoms with Gasteiger partial charge in [0.25, 0.3) is 0 Å². The molecule has 0 spiro atoms. The number of ketones is 1. The third-order valence-electron chi connectivity index (χ3n) is 11.1. The number of hydrogen-bond donors (Lipinski definition) is 0. The van der Waals surface area contributed by atoms with E-state index in [1.54, 1.807) is 0 Å². The van der Waals surface area contributed by atoms with Gasteiger partial charge in [-0.25, -0.2) is 0 Å². The Morgan fingerprint density at radius 2 is 1.73 bits per heavy atom. The molecule has 8 atom stereocenters. The van der Waals surface area contributed by atoms with Gasteiger partial charge in [-0.3, -0.25) is 4.79 Å². The number of carbonyl (C=O) groups excluding carboxylic acids is 1. The van der Waals surface area contributed by atoms with E-state index in [9.17, 15) is 4.79 Å². The molecule has 0 aromatic heterocycles. The average Bonchev–Trinajstić information content (AvgIpc) is 3.06. The van der Waals surface area contributed by atoms with Crippen molar-refractivity contribution in [2.75, 3.05) is 0 Å². The molecule has 30 heavy (non-hydrogen) atoms. The minimum atomic E-state index is 0.397. The molecule has 3 saturated carbocycles. The Morgan fingerprint density at radius 1 is 1.00 bits per heavy atom. The van der Waals surface area contributed by atoms with Gasteiger partial charge in [-0.15, -0.1) is 0 Å². The van der Waals surface area contributed by atoms with Crippen molar-refractivity contribution in [1.29, 1.82) is 0 Å². The predicted octanol–water partition coefficient (Wildman–Crippen LogP) is 8.23. The van der Waals surface area contributed by atoms with E-state index >= 15 is 0 Å². The second-order valence-electron chi connectivity index (χ2n) is 12.7. The van der Waals surface area contributed by atoms with Crippen molar-refractivity contribution in [3.8, 4) is 0 Å². The summed E-state index contributed by atoms with van der Waals surface area (Å²) in [6.07, 6.45) is 16.5. The van der Waals surface area contributed by atoms with Crippen LogP contribution in [0.3, 0.4) is 0 Å². The van der Waals surface area contributed by atoms with Crippen molar-refractivity contribution in [2.24, 2.45) is 52.3 Å². The van der Waals surface area contributed by atoms with Gasteiger partial charge in [0.15, 0.2) is 0 Å². The fourth-order valence-electron chi connectivity index (χ4n) is 8.97. The first-order valence-corrected chi connectivity index (χ1v) is 13.4. The van der Waals surface area contributed by atoms with E-state index < -0.39 is 0 Å². The van der Waals surface area contributed by atoms with Gasteiger partial charge in [0.2, 0.25) is 0 Å². The van der Waals surface area contributed by atoms with Crippen LogP contribution >= 0.6 is 0 Å². The first-order chi connectivity index (χ1) is 14.2. The number of carbonyl (C=O) groups is 1. The van der Waals surface area contributed by atoms with Crippen molar-refractivity contribution < 1.29 is 4.79 Å². The van der Waals surface area contributed by atoms with E-state index in [0.717, 1.165) is 54.8 Å². The molecule has 0 aromatic rings. The molecular weight excluding hydrogens is 364 g/mol. The van der Waals surface area contributed by atoms with Gasteiger partial charge in [0, 0.05) is 12.8 Å². The van der Waals surface area contributed by atoms with Gasteiger partial charge in [0.1, 0.15) is 5.78 Å². The molecule has 4 aliphatic carbocycles. The zero-order chi connectivity index (χ0) is 21.7. The third kappa shape index (κ3) is 3.65. The molecule has 0 amide bonds. The van der Waals surface area contributed by atoms with E-state index in [4.69, 9.17) is 0 Å². The van der Waals surface area contributed by atoms with Crippen LogP contribution in [0.4, 0.5) is 0 Å². The topological polar surface area (TPSA) is 17.1 Å². The van der Waals surface area contributed by atoms with E-state index in [2.05, 4.69) is 47.6 Å². The van der Waals surface area contributed by atoms with E-state index in [-0.39, 0.29) is 0 Å². The largest absolute Gasteiger partial charge is 0.300 e. The summed E-state index contributed by atoms with van der Waals surface area (Å²) >= 11 is 0. The van der Waals surface area contributed by atoms with Crippen LogP contribution in [0.2, 0.25) is 0 Å². The van der Waals surface area contributed by atoms with Crippen molar-refractivity contribution in [3.05, 3.63) is 11.6 Å². The van der Waals surface area contributed by atoms with Gasteiger partial charge in [-0.05, 0) is 97.2 Å². The normalized spacial score (nSPS) is 42.9. The van der Waals surface area contributed by atoms with Crippen LogP contribution in [-0.2, 0) is 4.79 Å². The van der Waals surface area contributed by atoms with Crippen LogP contribution in [0, 0.1) is 52.3 Å². The molecule has 170 valence electrons. The van der Waals surface area contributed by atoms with Crippen LogP contribution in [-0.4, -0.2) is 5.78 Å². The summed E-state index contributed by atoms with van der Waals surface area (Å²) in [7, 11) is 0. The lowest BCUT2D eigenvalue weighted by Crippen LogP contribution is -2.49. The summed E-state index contributed by atoms with van der Waals surface area (Å²) in [6, 6.07) is 0. The van der Waals surface area contributed by atoms with Gasteiger partial charge < -0.3 is 0 Å². The first kappa shape index (κ1) is 22.6.